The fourth-order valence-corrected chi connectivity index (χ4v) is 3.61. The Labute approximate surface area is 106 Å². The second kappa shape index (κ2) is 4.68. The van der Waals surface area contributed by atoms with Crippen molar-refractivity contribution in [2.24, 2.45) is 0 Å². The number of hydrogen-bond donors (Lipinski definition) is 1. The molecule has 0 aliphatic carbocycles. The first-order valence-electron chi connectivity index (χ1n) is 5.22. The van der Waals surface area contributed by atoms with E-state index in [1.165, 1.54) is 16.4 Å². The van der Waals surface area contributed by atoms with E-state index in [9.17, 15) is 8.42 Å². The number of nitrogen functional groups attached to an aromatic ring is 1. The first-order valence-corrected chi connectivity index (χ1v) is 7.04. The van der Waals surface area contributed by atoms with Gasteiger partial charge in [-0.2, -0.15) is 4.31 Å². The second-order valence-corrected chi connectivity index (χ2v) is 6.13. The van der Waals surface area contributed by atoms with Crippen molar-refractivity contribution in [1.29, 1.82) is 0 Å². The molecule has 0 saturated heterocycles. The molecule has 0 unspecified atom stereocenters. The minimum atomic E-state index is -3.55. The Hall–Kier alpha value is -1.04. The van der Waals surface area contributed by atoms with Crippen molar-refractivity contribution in [3.63, 3.8) is 0 Å². The fraction of sp³-hybridized carbons (Fsp3) is 0.273. The van der Waals surface area contributed by atoms with E-state index < -0.39 is 10.0 Å². The van der Waals surface area contributed by atoms with Crippen molar-refractivity contribution in [3.8, 4) is 0 Å². The first kappa shape index (κ1) is 12.4. The monoisotopic (exact) mass is 272 g/mol. The van der Waals surface area contributed by atoms with Crippen LogP contribution in [0.15, 0.2) is 35.2 Å². The topological polar surface area (TPSA) is 63.4 Å². The van der Waals surface area contributed by atoms with Crippen LogP contribution in [0.3, 0.4) is 0 Å². The van der Waals surface area contributed by atoms with Gasteiger partial charge in [-0.25, -0.2) is 8.42 Å². The molecule has 0 saturated carbocycles. The van der Waals surface area contributed by atoms with Gasteiger partial charge in [0, 0.05) is 18.8 Å². The van der Waals surface area contributed by atoms with Gasteiger partial charge < -0.3 is 5.73 Å². The third kappa shape index (κ3) is 2.46. The molecule has 1 heterocycles. The van der Waals surface area contributed by atoms with Gasteiger partial charge in [0.15, 0.2) is 0 Å². The van der Waals surface area contributed by atoms with Gasteiger partial charge in [0.1, 0.15) is 4.90 Å². The molecule has 2 rings (SSSR count). The first-order chi connectivity index (χ1) is 8.01. The van der Waals surface area contributed by atoms with Crippen LogP contribution in [0.2, 0.25) is 5.02 Å². The minimum Gasteiger partial charge on any atom is -0.399 e. The van der Waals surface area contributed by atoms with Gasteiger partial charge in [-0.1, -0.05) is 23.8 Å². The molecule has 1 aliphatic rings. The molecule has 0 aromatic heterocycles. The van der Waals surface area contributed by atoms with Crippen molar-refractivity contribution in [3.05, 3.63) is 35.4 Å². The molecule has 0 radical (unpaired) electrons. The van der Waals surface area contributed by atoms with E-state index in [0.717, 1.165) is 6.42 Å². The Balaban J connectivity index is 2.44. The van der Waals surface area contributed by atoms with Gasteiger partial charge in [0.25, 0.3) is 0 Å². The number of hydrogen-bond acceptors (Lipinski definition) is 3. The predicted molar refractivity (Wildman–Crippen MR) is 68.4 cm³/mol. The molecular weight excluding hydrogens is 260 g/mol. The quantitative estimate of drug-likeness (QED) is 0.660. The van der Waals surface area contributed by atoms with Gasteiger partial charge in [-0.15, -0.1) is 0 Å². The molecule has 1 aromatic rings. The number of nitrogens with zero attached hydrogens (tertiary/aromatic N) is 1. The summed E-state index contributed by atoms with van der Waals surface area (Å²) >= 11 is 5.92. The van der Waals surface area contributed by atoms with Crippen LogP contribution in [0.25, 0.3) is 0 Å². The summed E-state index contributed by atoms with van der Waals surface area (Å²) in [5.41, 5.74) is 5.99. The highest BCUT2D eigenvalue weighted by atomic mass is 35.5. The normalized spacial score (nSPS) is 17.2. The Kier molecular flexibility index (Phi) is 3.42. The number of anilines is 1. The lowest BCUT2D eigenvalue weighted by Crippen LogP contribution is -2.34. The van der Waals surface area contributed by atoms with E-state index in [2.05, 4.69) is 0 Å². The van der Waals surface area contributed by atoms with Gasteiger partial charge in [-0.05, 0) is 24.6 Å². The number of halogens is 1. The molecule has 92 valence electrons. The highest BCUT2D eigenvalue weighted by Crippen LogP contribution is 2.27. The molecule has 4 nitrogen and oxygen atoms in total. The largest absolute Gasteiger partial charge is 0.399 e. The smallest absolute Gasteiger partial charge is 0.244 e. The second-order valence-electron chi connectivity index (χ2n) is 3.81. The maximum atomic E-state index is 12.3. The lowest BCUT2D eigenvalue weighted by Gasteiger charge is -2.23. The summed E-state index contributed by atoms with van der Waals surface area (Å²) in [6, 6.07) is 4.48. The summed E-state index contributed by atoms with van der Waals surface area (Å²) in [7, 11) is -3.55. The molecule has 0 amide bonds. The lowest BCUT2D eigenvalue weighted by molar-refractivity contribution is 0.437. The zero-order valence-corrected chi connectivity index (χ0v) is 10.7. The standard InChI is InChI=1S/C11H13ClN2O2S/c12-10-5-4-9(13)8-11(10)17(15,16)14-6-2-1-3-7-14/h1-2,4-5,8H,3,6-7,13H2. The van der Waals surface area contributed by atoms with Crippen molar-refractivity contribution in [2.75, 3.05) is 18.8 Å². The number of nitrogens with two attached hydrogens (primary N) is 1. The number of rotatable bonds is 2. The molecule has 1 aliphatic heterocycles. The summed E-state index contributed by atoms with van der Waals surface area (Å²) in [6.07, 6.45) is 4.52. The highest BCUT2D eigenvalue weighted by molar-refractivity contribution is 7.89. The average molecular weight is 273 g/mol. The summed E-state index contributed by atoms with van der Waals surface area (Å²) in [4.78, 5) is 0.0782. The number of benzene rings is 1. The van der Waals surface area contributed by atoms with Crippen LogP contribution in [0.1, 0.15) is 6.42 Å². The molecule has 17 heavy (non-hydrogen) atoms. The molecule has 0 spiro atoms. The molecule has 6 heteroatoms. The molecule has 0 bridgehead atoms. The van der Waals surface area contributed by atoms with E-state index in [4.69, 9.17) is 17.3 Å². The Morgan fingerprint density at radius 3 is 2.71 bits per heavy atom. The Morgan fingerprint density at radius 2 is 2.06 bits per heavy atom. The van der Waals surface area contributed by atoms with Gasteiger partial charge >= 0.3 is 0 Å². The molecule has 1 aromatic carbocycles. The zero-order chi connectivity index (χ0) is 12.5. The maximum absolute atomic E-state index is 12.3. The third-order valence-corrected chi connectivity index (χ3v) is 4.94. The Bertz CT molecular complexity index is 555. The van der Waals surface area contributed by atoms with E-state index in [0.29, 0.717) is 18.8 Å². The average Bonchev–Trinajstić information content (AvgIpc) is 2.33. The van der Waals surface area contributed by atoms with Crippen LogP contribution >= 0.6 is 11.6 Å². The number of sulfonamides is 1. The minimum absolute atomic E-state index is 0.0782. The molecule has 0 fully saturated rings. The summed E-state index contributed by atoms with van der Waals surface area (Å²) < 4.78 is 26.0. The SMILES string of the molecule is Nc1ccc(Cl)c(S(=O)(=O)N2CC=CCC2)c1. The summed E-state index contributed by atoms with van der Waals surface area (Å²) in [5.74, 6) is 0. The fourth-order valence-electron chi connectivity index (χ4n) is 1.69. The van der Waals surface area contributed by atoms with Crippen LogP contribution in [-0.4, -0.2) is 25.8 Å². The molecule has 0 atom stereocenters. The van der Waals surface area contributed by atoms with Crippen molar-refractivity contribution in [2.45, 2.75) is 11.3 Å². The molecule has 2 N–H and O–H groups in total. The van der Waals surface area contributed by atoms with Crippen LogP contribution in [0.4, 0.5) is 5.69 Å². The van der Waals surface area contributed by atoms with E-state index in [1.807, 2.05) is 12.2 Å². The van der Waals surface area contributed by atoms with E-state index >= 15 is 0 Å². The van der Waals surface area contributed by atoms with E-state index in [1.54, 1.807) is 6.07 Å². The van der Waals surface area contributed by atoms with E-state index in [-0.39, 0.29) is 9.92 Å². The Morgan fingerprint density at radius 1 is 1.29 bits per heavy atom. The molecular formula is C11H13ClN2O2S. The van der Waals surface area contributed by atoms with Crippen molar-refractivity contribution < 1.29 is 8.42 Å². The van der Waals surface area contributed by atoms with Crippen LogP contribution in [-0.2, 0) is 10.0 Å². The third-order valence-electron chi connectivity index (χ3n) is 2.59. The van der Waals surface area contributed by atoms with Crippen LogP contribution < -0.4 is 5.73 Å². The van der Waals surface area contributed by atoms with Gasteiger partial charge in [0.05, 0.1) is 5.02 Å². The highest BCUT2D eigenvalue weighted by Gasteiger charge is 2.26. The van der Waals surface area contributed by atoms with Gasteiger partial charge in [0.2, 0.25) is 10.0 Å². The van der Waals surface area contributed by atoms with Crippen molar-refractivity contribution >= 4 is 27.3 Å². The van der Waals surface area contributed by atoms with Crippen molar-refractivity contribution in [1.82, 2.24) is 4.31 Å². The summed E-state index contributed by atoms with van der Waals surface area (Å²) in [6.45, 7) is 0.859. The maximum Gasteiger partial charge on any atom is 0.244 e. The predicted octanol–water partition coefficient (Wildman–Crippen LogP) is 1.87. The van der Waals surface area contributed by atoms with Gasteiger partial charge in [-0.3, -0.25) is 0 Å². The lowest BCUT2D eigenvalue weighted by atomic mass is 10.3. The van der Waals surface area contributed by atoms with Crippen LogP contribution in [0, 0.1) is 0 Å². The van der Waals surface area contributed by atoms with Crippen LogP contribution in [0.5, 0.6) is 0 Å². The zero-order valence-electron chi connectivity index (χ0n) is 9.14. The summed E-state index contributed by atoms with van der Waals surface area (Å²) in [5, 5.41) is 0.203.